The van der Waals surface area contributed by atoms with Crippen LogP contribution in [0.4, 0.5) is 15.0 Å². The molecule has 10 heteroatoms. The first-order valence-corrected chi connectivity index (χ1v) is 9.74. The number of rotatable bonds is 6. The van der Waals surface area contributed by atoms with Crippen molar-refractivity contribution in [3.8, 4) is 28.2 Å². The number of aryl methyl sites for hydroxylation is 1. The third kappa shape index (κ3) is 4.41. The summed E-state index contributed by atoms with van der Waals surface area (Å²) in [6.45, 7) is 0.833. The molecule has 31 heavy (non-hydrogen) atoms. The van der Waals surface area contributed by atoms with Crippen molar-refractivity contribution in [1.82, 2.24) is 24.7 Å². The zero-order valence-corrected chi connectivity index (χ0v) is 17.2. The number of carbonyl (C=O) groups is 1. The number of halogens is 2. The van der Waals surface area contributed by atoms with Gasteiger partial charge in [-0.3, -0.25) is 10.4 Å². The summed E-state index contributed by atoms with van der Waals surface area (Å²) in [5.41, 5.74) is 4.14. The van der Waals surface area contributed by atoms with Crippen molar-refractivity contribution in [3.63, 3.8) is 0 Å². The Balaban J connectivity index is 1.77. The number of aromatic amines is 1. The molecule has 0 aliphatic rings. The summed E-state index contributed by atoms with van der Waals surface area (Å²) in [6.07, 6.45) is 6.11. The van der Waals surface area contributed by atoms with E-state index in [0.29, 0.717) is 10.8 Å². The third-order valence-corrected chi connectivity index (χ3v) is 4.88. The van der Waals surface area contributed by atoms with Crippen molar-refractivity contribution >= 4 is 23.5 Å². The molecule has 0 fully saturated rings. The molecule has 0 atom stereocenters. The Morgan fingerprint density at radius 2 is 2.03 bits per heavy atom. The highest BCUT2D eigenvalue weighted by Gasteiger charge is 2.17. The van der Waals surface area contributed by atoms with Gasteiger partial charge in [-0.15, -0.1) is 0 Å². The van der Waals surface area contributed by atoms with Gasteiger partial charge in [0, 0.05) is 46.4 Å². The Morgan fingerprint density at radius 3 is 2.77 bits per heavy atom. The van der Waals surface area contributed by atoms with E-state index in [0.717, 1.165) is 27.9 Å². The minimum absolute atomic E-state index is 0.277. The minimum Gasteiger partial charge on any atom is -0.446 e. The van der Waals surface area contributed by atoms with E-state index in [4.69, 9.17) is 16.3 Å². The number of amides is 1. The Morgan fingerprint density at radius 1 is 1.23 bits per heavy atom. The number of anilines is 1. The van der Waals surface area contributed by atoms with Crippen LogP contribution in [0.2, 0.25) is 5.02 Å². The number of alkyl halides is 1. The topological polar surface area (TPSA) is 97.7 Å². The molecular weight excluding hydrogens is 423 g/mol. The SMILES string of the molecule is Cc1cnc(NC(=O)OCCF)cc1-n1cc(-c2ncn[nH]2)c(-c2ccccc2Cl)c1. The number of hydrogen-bond donors (Lipinski definition) is 2. The fourth-order valence-corrected chi connectivity index (χ4v) is 3.38. The van der Waals surface area contributed by atoms with Gasteiger partial charge in [0.2, 0.25) is 0 Å². The molecule has 1 aromatic carbocycles. The highest BCUT2D eigenvalue weighted by atomic mass is 35.5. The average molecular weight is 441 g/mol. The summed E-state index contributed by atoms with van der Waals surface area (Å²) < 4.78 is 18.8. The van der Waals surface area contributed by atoms with Gasteiger partial charge in [-0.1, -0.05) is 29.8 Å². The molecular formula is C21H18ClFN6O2. The smallest absolute Gasteiger partial charge is 0.412 e. The summed E-state index contributed by atoms with van der Waals surface area (Å²) in [6, 6.07) is 9.22. The first-order chi connectivity index (χ1) is 15.1. The van der Waals surface area contributed by atoms with E-state index in [9.17, 15) is 9.18 Å². The molecule has 0 aliphatic carbocycles. The van der Waals surface area contributed by atoms with Crippen LogP contribution in [0.15, 0.2) is 55.2 Å². The van der Waals surface area contributed by atoms with Crippen LogP contribution < -0.4 is 5.32 Å². The lowest BCUT2D eigenvalue weighted by Crippen LogP contribution is -2.16. The van der Waals surface area contributed by atoms with E-state index >= 15 is 0 Å². The normalized spacial score (nSPS) is 10.8. The van der Waals surface area contributed by atoms with Crippen molar-refractivity contribution < 1.29 is 13.9 Å². The molecule has 3 aromatic heterocycles. The largest absolute Gasteiger partial charge is 0.446 e. The lowest BCUT2D eigenvalue weighted by molar-refractivity contribution is 0.152. The molecule has 4 rings (SSSR count). The summed E-state index contributed by atoms with van der Waals surface area (Å²) in [5.74, 6) is 0.868. The maximum absolute atomic E-state index is 12.2. The second kappa shape index (κ2) is 8.97. The number of nitrogens with one attached hydrogen (secondary N) is 2. The van der Waals surface area contributed by atoms with Crippen molar-refractivity contribution in [1.29, 1.82) is 0 Å². The Kier molecular flexibility index (Phi) is 5.94. The van der Waals surface area contributed by atoms with Crippen LogP contribution in [0, 0.1) is 6.92 Å². The fraction of sp³-hybridized carbons (Fsp3) is 0.143. The molecule has 2 N–H and O–H groups in total. The highest BCUT2D eigenvalue weighted by Crippen LogP contribution is 2.36. The molecule has 0 unspecified atom stereocenters. The number of aromatic nitrogens is 5. The van der Waals surface area contributed by atoms with Gasteiger partial charge in [-0.25, -0.2) is 19.2 Å². The number of hydrogen-bond acceptors (Lipinski definition) is 5. The first-order valence-electron chi connectivity index (χ1n) is 9.36. The lowest BCUT2D eigenvalue weighted by atomic mass is 10.0. The van der Waals surface area contributed by atoms with Crippen LogP contribution in [0.1, 0.15) is 5.56 Å². The Bertz CT molecular complexity index is 1210. The summed E-state index contributed by atoms with van der Waals surface area (Å²) in [4.78, 5) is 20.2. The second-order valence-corrected chi connectivity index (χ2v) is 7.02. The maximum atomic E-state index is 12.2. The molecule has 0 aliphatic heterocycles. The molecule has 4 aromatic rings. The highest BCUT2D eigenvalue weighted by molar-refractivity contribution is 6.33. The van der Waals surface area contributed by atoms with Crippen LogP contribution >= 0.6 is 11.6 Å². The Labute approximate surface area is 182 Å². The van der Waals surface area contributed by atoms with Crippen LogP contribution in [0.3, 0.4) is 0 Å². The van der Waals surface area contributed by atoms with E-state index in [1.807, 2.05) is 48.1 Å². The number of carbonyl (C=O) groups excluding carboxylic acids is 1. The predicted octanol–water partition coefficient (Wildman–Crippen LogP) is 4.80. The van der Waals surface area contributed by atoms with Gasteiger partial charge < -0.3 is 9.30 Å². The summed E-state index contributed by atoms with van der Waals surface area (Å²) in [5, 5.41) is 9.94. The molecule has 3 heterocycles. The fourth-order valence-electron chi connectivity index (χ4n) is 3.14. The number of H-pyrrole nitrogens is 1. The average Bonchev–Trinajstić information content (AvgIpc) is 3.44. The number of nitrogens with zero attached hydrogens (tertiary/aromatic N) is 4. The molecule has 0 spiro atoms. The lowest BCUT2D eigenvalue weighted by Gasteiger charge is -2.10. The summed E-state index contributed by atoms with van der Waals surface area (Å²) >= 11 is 6.45. The first kappa shape index (κ1) is 20.5. The molecule has 0 saturated carbocycles. The van der Waals surface area contributed by atoms with Crippen LogP contribution in [0.5, 0.6) is 0 Å². The number of pyridine rings is 1. The monoisotopic (exact) mass is 440 g/mol. The van der Waals surface area contributed by atoms with Gasteiger partial charge in [0.1, 0.15) is 25.4 Å². The molecule has 158 valence electrons. The number of ether oxygens (including phenoxy) is 1. The summed E-state index contributed by atoms with van der Waals surface area (Å²) in [7, 11) is 0. The van der Waals surface area contributed by atoms with Gasteiger partial charge in [0.25, 0.3) is 0 Å². The van der Waals surface area contributed by atoms with E-state index < -0.39 is 12.8 Å². The predicted molar refractivity (Wildman–Crippen MR) is 115 cm³/mol. The zero-order valence-electron chi connectivity index (χ0n) is 16.5. The molecule has 8 nitrogen and oxygen atoms in total. The standard InChI is InChI=1S/C21H18ClFN6O2/c1-13-9-24-19(27-21(30)31-7-6-23)8-18(13)29-10-15(14-4-2-3-5-17(14)22)16(11-29)20-25-12-26-28-20/h2-5,8-12H,6-7H2,1H3,(H,24,27,30)(H,25,26,28). The van der Waals surface area contributed by atoms with Gasteiger partial charge >= 0.3 is 6.09 Å². The van der Waals surface area contributed by atoms with Crippen LogP contribution in [-0.4, -0.2) is 44.1 Å². The van der Waals surface area contributed by atoms with E-state index in [2.05, 4.69) is 25.5 Å². The van der Waals surface area contributed by atoms with Crippen LogP contribution in [0.25, 0.3) is 28.2 Å². The zero-order chi connectivity index (χ0) is 21.8. The van der Waals surface area contributed by atoms with E-state index in [1.54, 1.807) is 12.3 Å². The maximum Gasteiger partial charge on any atom is 0.412 e. The molecule has 1 amide bonds. The van der Waals surface area contributed by atoms with Gasteiger partial charge in [0.15, 0.2) is 5.82 Å². The van der Waals surface area contributed by atoms with Crippen molar-refractivity contribution in [2.24, 2.45) is 0 Å². The van der Waals surface area contributed by atoms with Crippen molar-refractivity contribution in [3.05, 3.63) is 65.8 Å². The van der Waals surface area contributed by atoms with Crippen LogP contribution in [-0.2, 0) is 4.74 Å². The minimum atomic E-state index is -0.772. The second-order valence-electron chi connectivity index (χ2n) is 6.61. The Hall–Kier alpha value is -3.72. The van der Waals surface area contributed by atoms with Gasteiger partial charge in [0.05, 0.1) is 5.69 Å². The molecule has 0 saturated heterocycles. The van der Waals surface area contributed by atoms with E-state index in [1.165, 1.54) is 6.33 Å². The quantitative estimate of drug-likeness (QED) is 0.448. The van der Waals surface area contributed by atoms with Crippen molar-refractivity contribution in [2.75, 3.05) is 18.6 Å². The van der Waals surface area contributed by atoms with Gasteiger partial charge in [-0.05, 0) is 18.6 Å². The number of benzene rings is 1. The molecule has 0 radical (unpaired) electrons. The van der Waals surface area contributed by atoms with E-state index in [-0.39, 0.29) is 12.4 Å². The third-order valence-electron chi connectivity index (χ3n) is 4.55. The van der Waals surface area contributed by atoms with Crippen molar-refractivity contribution in [2.45, 2.75) is 6.92 Å². The van der Waals surface area contributed by atoms with Gasteiger partial charge in [-0.2, -0.15) is 5.10 Å². The molecule has 0 bridgehead atoms.